The molecule has 0 spiro atoms. The number of thiophene rings is 1. The molecule has 0 saturated carbocycles. The summed E-state index contributed by atoms with van der Waals surface area (Å²) in [5.74, 6) is 3.32. The largest absolute Gasteiger partial charge is 0.383 e. The van der Waals surface area contributed by atoms with E-state index in [9.17, 15) is 0 Å². The second kappa shape index (κ2) is 3.50. The fourth-order valence-electron chi connectivity index (χ4n) is 1.59. The first-order chi connectivity index (χ1) is 7.34. The molecule has 3 heterocycles. The Kier molecular flexibility index (Phi) is 2.14. The molecule has 0 aliphatic carbocycles. The number of fused-ring (bicyclic) bond motifs is 1. The lowest BCUT2D eigenvalue weighted by molar-refractivity contribution is 1.09. The Morgan fingerprint density at radius 2 is 2.20 bits per heavy atom. The Morgan fingerprint density at radius 3 is 3.00 bits per heavy atom. The number of rotatable bonds is 1. The van der Waals surface area contributed by atoms with Gasteiger partial charge >= 0.3 is 0 Å². The van der Waals surface area contributed by atoms with Crippen LogP contribution in [0.3, 0.4) is 0 Å². The van der Waals surface area contributed by atoms with Crippen molar-refractivity contribution in [1.82, 2.24) is 9.97 Å². The molecule has 0 fully saturated rings. The van der Waals surface area contributed by atoms with Crippen LogP contribution in [0, 0.1) is 0 Å². The summed E-state index contributed by atoms with van der Waals surface area (Å²) >= 11 is 3.49. The molecule has 5 heteroatoms. The Morgan fingerprint density at radius 1 is 1.27 bits per heavy atom. The minimum absolute atomic E-state index is 0.647. The van der Waals surface area contributed by atoms with Crippen LogP contribution >= 0.6 is 23.1 Å². The molecule has 0 bridgehead atoms. The summed E-state index contributed by atoms with van der Waals surface area (Å²) < 4.78 is 0. The molecule has 3 nitrogen and oxygen atoms in total. The maximum atomic E-state index is 5.92. The van der Waals surface area contributed by atoms with E-state index in [4.69, 9.17) is 5.73 Å². The molecule has 0 aromatic carbocycles. The maximum Gasteiger partial charge on any atom is 0.171 e. The highest BCUT2D eigenvalue weighted by molar-refractivity contribution is 7.98. The van der Waals surface area contributed by atoms with Gasteiger partial charge in [-0.2, -0.15) is 11.8 Å². The van der Waals surface area contributed by atoms with Crippen molar-refractivity contribution in [3.8, 4) is 10.7 Å². The average Bonchev–Trinajstić information content (AvgIpc) is 2.88. The Labute approximate surface area is 95.8 Å². The molecule has 0 atom stereocenters. The molecular formula is C10H9N3S2. The highest BCUT2D eigenvalue weighted by Crippen LogP contribution is 2.33. The van der Waals surface area contributed by atoms with Crippen molar-refractivity contribution in [1.29, 1.82) is 0 Å². The van der Waals surface area contributed by atoms with E-state index < -0.39 is 0 Å². The molecule has 3 rings (SSSR count). The van der Waals surface area contributed by atoms with Crippen molar-refractivity contribution in [2.24, 2.45) is 0 Å². The van der Waals surface area contributed by atoms with E-state index >= 15 is 0 Å². The molecule has 1 aliphatic heterocycles. The molecule has 1 aliphatic rings. The number of nitrogens with zero attached hydrogens (tertiary/aromatic N) is 2. The van der Waals surface area contributed by atoms with Crippen molar-refractivity contribution in [2.75, 3.05) is 5.73 Å². The predicted molar refractivity (Wildman–Crippen MR) is 64.8 cm³/mol. The fourth-order valence-corrected chi connectivity index (χ4v) is 3.30. The standard InChI is InChI=1S/C10H9N3S2/c11-9-6-4-14-5-7(6)12-10(13-9)8-2-1-3-15-8/h1-3H,4-5H2,(H2,11,12,13). The molecule has 2 aromatic rings. The van der Waals surface area contributed by atoms with Crippen LogP contribution in [0.2, 0.25) is 0 Å². The van der Waals surface area contributed by atoms with Crippen molar-refractivity contribution < 1.29 is 0 Å². The van der Waals surface area contributed by atoms with E-state index in [-0.39, 0.29) is 0 Å². The van der Waals surface area contributed by atoms with E-state index in [0.717, 1.165) is 33.5 Å². The van der Waals surface area contributed by atoms with Gasteiger partial charge in [-0.05, 0) is 11.4 Å². The lowest BCUT2D eigenvalue weighted by Crippen LogP contribution is -2.02. The van der Waals surface area contributed by atoms with Crippen molar-refractivity contribution in [3.63, 3.8) is 0 Å². The molecule has 15 heavy (non-hydrogen) atoms. The molecule has 2 N–H and O–H groups in total. The van der Waals surface area contributed by atoms with Gasteiger partial charge in [0.05, 0.1) is 10.6 Å². The molecule has 0 radical (unpaired) electrons. The number of hydrogen-bond donors (Lipinski definition) is 1. The number of thioether (sulfide) groups is 1. The summed E-state index contributed by atoms with van der Waals surface area (Å²) in [6.07, 6.45) is 0. The van der Waals surface area contributed by atoms with Crippen molar-refractivity contribution >= 4 is 28.9 Å². The van der Waals surface area contributed by atoms with E-state index in [0.29, 0.717) is 5.82 Å². The number of nitrogens with two attached hydrogens (primary N) is 1. The third-order valence-corrected chi connectivity index (χ3v) is 4.19. The third-order valence-electron chi connectivity index (χ3n) is 2.35. The third kappa shape index (κ3) is 1.52. The molecule has 2 aromatic heterocycles. The van der Waals surface area contributed by atoms with E-state index in [1.165, 1.54) is 0 Å². The number of anilines is 1. The summed E-state index contributed by atoms with van der Waals surface area (Å²) in [6.45, 7) is 0. The van der Waals surface area contributed by atoms with Crippen LogP contribution in [-0.4, -0.2) is 9.97 Å². The van der Waals surface area contributed by atoms with Crippen LogP contribution in [0.15, 0.2) is 17.5 Å². The first kappa shape index (κ1) is 9.18. The lowest BCUT2D eigenvalue weighted by atomic mass is 10.2. The number of aromatic nitrogens is 2. The topological polar surface area (TPSA) is 51.8 Å². The first-order valence-electron chi connectivity index (χ1n) is 4.61. The van der Waals surface area contributed by atoms with Crippen LogP contribution in [0.25, 0.3) is 10.7 Å². The zero-order chi connectivity index (χ0) is 10.3. The van der Waals surface area contributed by atoms with Crippen LogP contribution in [-0.2, 0) is 11.5 Å². The van der Waals surface area contributed by atoms with Crippen LogP contribution in [0.5, 0.6) is 0 Å². The van der Waals surface area contributed by atoms with Gasteiger partial charge in [-0.1, -0.05) is 6.07 Å². The lowest BCUT2D eigenvalue weighted by Gasteiger charge is -2.03. The maximum absolute atomic E-state index is 5.92. The van der Waals surface area contributed by atoms with Crippen LogP contribution in [0.4, 0.5) is 5.82 Å². The molecule has 0 amide bonds. The summed E-state index contributed by atoms with van der Waals surface area (Å²) in [7, 11) is 0. The summed E-state index contributed by atoms with van der Waals surface area (Å²) in [5.41, 5.74) is 8.15. The SMILES string of the molecule is Nc1nc(-c2cccs2)nc2c1CSC2. The van der Waals surface area contributed by atoms with Gasteiger partial charge in [0.25, 0.3) is 0 Å². The van der Waals surface area contributed by atoms with Crippen molar-refractivity contribution in [3.05, 3.63) is 28.8 Å². The van der Waals surface area contributed by atoms with Gasteiger partial charge in [0.2, 0.25) is 0 Å². The first-order valence-corrected chi connectivity index (χ1v) is 6.65. The molecule has 0 unspecified atom stereocenters. The van der Waals surface area contributed by atoms with E-state index in [2.05, 4.69) is 9.97 Å². The van der Waals surface area contributed by atoms with Gasteiger partial charge in [-0.3, -0.25) is 0 Å². The summed E-state index contributed by atoms with van der Waals surface area (Å²) in [5, 5.41) is 2.02. The Bertz CT molecular complexity index is 494. The molecular weight excluding hydrogens is 226 g/mol. The second-order valence-electron chi connectivity index (χ2n) is 3.33. The number of nitrogen functional groups attached to an aromatic ring is 1. The highest BCUT2D eigenvalue weighted by atomic mass is 32.2. The normalized spacial score (nSPS) is 14.1. The summed E-state index contributed by atoms with van der Waals surface area (Å²) in [6, 6.07) is 4.02. The quantitative estimate of drug-likeness (QED) is 0.825. The molecule has 0 saturated heterocycles. The Balaban J connectivity index is 2.15. The highest BCUT2D eigenvalue weighted by Gasteiger charge is 2.18. The van der Waals surface area contributed by atoms with Crippen molar-refractivity contribution in [2.45, 2.75) is 11.5 Å². The van der Waals surface area contributed by atoms with E-state index in [1.54, 1.807) is 11.3 Å². The second-order valence-corrected chi connectivity index (χ2v) is 5.26. The fraction of sp³-hybridized carbons (Fsp3) is 0.200. The average molecular weight is 235 g/mol. The van der Waals surface area contributed by atoms with Gasteiger partial charge in [-0.25, -0.2) is 9.97 Å². The van der Waals surface area contributed by atoms with Gasteiger partial charge in [0.1, 0.15) is 5.82 Å². The summed E-state index contributed by atoms with van der Waals surface area (Å²) in [4.78, 5) is 9.99. The zero-order valence-corrected chi connectivity index (χ0v) is 9.57. The zero-order valence-electron chi connectivity index (χ0n) is 7.93. The number of hydrogen-bond acceptors (Lipinski definition) is 5. The smallest absolute Gasteiger partial charge is 0.171 e. The predicted octanol–water partition coefficient (Wildman–Crippen LogP) is 2.53. The minimum atomic E-state index is 0.647. The van der Waals surface area contributed by atoms with Crippen LogP contribution in [0.1, 0.15) is 11.3 Å². The van der Waals surface area contributed by atoms with Gasteiger partial charge in [-0.15, -0.1) is 11.3 Å². The minimum Gasteiger partial charge on any atom is -0.383 e. The monoisotopic (exact) mass is 235 g/mol. The Hall–Kier alpha value is -1.07. The van der Waals surface area contributed by atoms with Crippen LogP contribution < -0.4 is 5.73 Å². The van der Waals surface area contributed by atoms with E-state index in [1.807, 2.05) is 29.3 Å². The van der Waals surface area contributed by atoms with Gasteiger partial charge in [0, 0.05) is 17.1 Å². The van der Waals surface area contributed by atoms with Gasteiger partial charge in [0.15, 0.2) is 5.82 Å². The van der Waals surface area contributed by atoms with Gasteiger partial charge < -0.3 is 5.73 Å². The molecule has 76 valence electrons.